The van der Waals surface area contributed by atoms with Crippen LogP contribution in [0.5, 0.6) is 11.5 Å². The third-order valence-electron chi connectivity index (χ3n) is 6.02. The summed E-state index contributed by atoms with van der Waals surface area (Å²) in [6, 6.07) is 10.8. The first kappa shape index (κ1) is 21.8. The minimum atomic E-state index is -0.284. The first-order chi connectivity index (χ1) is 16.6. The molecule has 5 rings (SSSR count). The van der Waals surface area contributed by atoms with Gasteiger partial charge in [-0.25, -0.2) is 0 Å². The van der Waals surface area contributed by atoms with Crippen LogP contribution in [0.1, 0.15) is 27.6 Å². The Morgan fingerprint density at radius 1 is 0.971 bits per heavy atom. The minimum Gasteiger partial charge on any atom is -0.493 e. The van der Waals surface area contributed by atoms with Crippen LogP contribution in [0.15, 0.2) is 45.7 Å². The molecule has 9 heteroatoms. The van der Waals surface area contributed by atoms with E-state index < -0.39 is 0 Å². The Morgan fingerprint density at radius 2 is 1.76 bits per heavy atom. The predicted molar refractivity (Wildman–Crippen MR) is 124 cm³/mol. The quantitative estimate of drug-likeness (QED) is 0.347. The summed E-state index contributed by atoms with van der Waals surface area (Å²) in [4.78, 5) is 31.7. The minimum absolute atomic E-state index is 0.129. The van der Waals surface area contributed by atoms with Crippen LogP contribution in [0.3, 0.4) is 0 Å². The van der Waals surface area contributed by atoms with E-state index in [-0.39, 0.29) is 17.9 Å². The standard InChI is InChI=1S/C25H23N3O6/c1-31-13-11-18-26-19(34-27-18)10-12-28-22-14-6-4-5-7-15(14)23(29)20(22)16-8-9-17(32-2)24(33-3)21(16)25(28)30/h4-9H,10-13H2,1-3H3. The smallest absolute Gasteiger partial charge is 0.262 e. The second-order valence-corrected chi connectivity index (χ2v) is 7.88. The van der Waals surface area contributed by atoms with Crippen LogP contribution in [-0.2, 0) is 24.1 Å². The lowest BCUT2D eigenvalue weighted by Crippen LogP contribution is -2.25. The average molecular weight is 461 g/mol. The molecule has 0 fully saturated rings. The number of benzene rings is 2. The fourth-order valence-corrected chi connectivity index (χ4v) is 4.49. The van der Waals surface area contributed by atoms with Crippen molar-refractivity contribution in [1.82, 2.24) is 14.7 Å². The summed E-state index contributed by atoms with van der Waals surface area (Å²) in [6.45, 7) is 0.724. The Morgan fingerprint density at radius 3 is 2.50 bits per heavy atom. The number of rotatable bonds is 8. The molecule has 0 atom stereocenters. The topological polar surface area (TPSA) is 106 Å². The van der Waals surface area contributed by atoms with E-state index in [1.54, 1.807) is 29.9 Å². The van der Waals surface area contributed by atoms with E-state index in [2.05, 4.69) is 10.1 Å². The lowest BCUT2D eigenvalue weighted by atomic mass is 10.0. The molecule has 0 bridgehead atoms. The molecular weight excluding hydrogens is 438 g/mol. The number of hydrogen-bond acceptors (Lipinski definition) is 8. The SMILES string of the molecule is COCCc1noc(CCn2c3c(c4ccc(OC)c(OC)c4c2=O)C(=O)c2ccccc2-3)n1. The molecule has 0 spiro atoms. The van der Waals surface area contributed by atoms with Gasteiger partial charge >= 0.3 is 0 Å². The predicted octanol–water partition coefficient (Wildman–Crippen LogP) is 3.04. The highest BCUT2D eigenvalue weighted by molar-refractivity contribution is 6.27. The molecule has 34 heavy (non-hydrogen) atoms. The molecule has 2 heterocycles. The third kappa shape index (κ3) is 3.36. The fourth-order valence-electron chi connectivity index (χ4n) is 4.49. The van der Waals surface area contributed by atoms with Crippen molar-refractivity contribution >= 4 is 16.6 Å². The molecule has 2 aromatic heterocycles. The van der Waals surface area contributed by atoms with Gasteiger partial charge in [0.05, 0.1) is 37.5 Å². The Kier molecular flexibility index (Phi) is 5.62. The number of carbonyl (C=O) groups is 1. The van der Waals surface area contributed by atoms with Gasteiger partial charge in [0.25, 0.3) is 5.56 Å². The number of fused-ring (bicyclic) bond motifs is 5. The van der Waals surface area contributed by atoms with Crippen LogP contribution in [0, 0.1) is 0 Å². The highest BCUT2D eigenvalue weighted by Gasteiger charge is 2.33. The van der Waals surface area contributed by atoms with Gasteiger partial charge in [-0.15, -0.1) is 0 Å². The number of methoxy groups -OCH3 is 3. The second-order valence-electron chi connectivity index (χ2n) is 7.88. The van der Waals surface area contributed by atoms with Gasteiger partial charge in [0.2, 0.25) is 5.89 Å². The number of aryl methyl sites for hydroxylation is 1. The van der Waals surface area contributed by atoms with Crippen molar-refractivity contribution in [2.24, 2.45) is 0 Å². The molecule has 0 saturated heterocycles. The molecule has 174 valence electrons. The van der Waals surface area contributed by atoms with Gasteiger partial charge in [0, 0.05) is 43.0 Å². The average Bonchev–Trinajstić information content (AvgIpc) is 3.44. The summed E-state index contributed by atoms with van der Waals surface area (Å²) < 4.78 is 23.0. The maximum atomic E-state index is 13.9. The van der Waals surface area contributed by atoms with Crippen LogP contribution in [0.25, 0.3) is 22.0 Å². The van der Waals surface area contributed by atoms with Crippen molar-refractivity contribution in [3.05, 3.63) is 69.6 Å². The largest absolute Gasteiger partial charge is 0.493 e. The molecule has 0 aliphatic heterocycles. The maximum Gasteiger partial charge on any atom is 0.262 e. The normalized spacial score (nSPS) is 12.1. The molecule has 4 aromatic rings. The number of ketones is 1. The van der Waals surface area contributed by atoms with Crippen molar-refractivity contribution in [1.29, 1.82) is 0 Å². The van der Waals surface area contributed by atoms with E-state index in [4.69, 9.17) is 18.7 Å². The Hall–Kier alpha value is -3.98. The highest BCUT2D eigenvalue weighted by Crippen LogP contribution is 2.43. The van der Waals surface area contributed by atoms with E-state index in [1.807, 2.05) is 18.2 Å². The molecular formula is C25H23N3O6. The van der Waals surface area contributed by atoms with Gasteiger partial charge < -0.3 is 23.3 Å². The van der Waals surface area contributed by atoms with E-state index in [1.165, 1.54) is 14.2 Å². The van der Waals surface area contributed by atoms with Crippen LogP contribution in [-0.4, -0.2) is 48.4 Å². The molecule has 2 aromatic carbocycles. The van der Waals surface area contributed by atoms with Crippen molar-refractivity contribution in [3.8, 4) is 22.8 Å². The van der Waals surface area contributed by atoms with Gasteiger partial charge in [-0.05, 0) is 12.1 Å². The zero-order valence-electron chi connectivity index (χ0n) is 19.1. The van der Waals surface area contributed by atoms with Gasteiger partial charge in [0.15, 0.2) is 23.1 Å². The van der Waals surface area contributed by atoms with Crippen LogP contribution in [0.4, 0.5) is 0 Å². The zero-order chi connectivity index (χ0) is 23.8. The summed E-state index contributed by atoms with van der Waals surface area (Å²) in [5.74, 6) is 1.53. The molecule has 0 unspecified atom stereocenters. The van der Waals surface area contributed by atoms with Crippen LogP contribution < -0.4 is 15.0 Å². The summed E-state index contributed by atoms with van der Waals surface area (Å²) >= 11 is 0. The molecule has 1 aliphatic rings. The Bertz CT molecular complexity index is 1470. The van der Waals surface area contributed by atoms with Gasteiger partial charge in [-0.1, -0.05) is 29.4 Å². The number of ether oxygens (including phenoxy) is 3. The fraction of sp³-hybridized carbons (Fsp3) is 0.280. The Balaban J connectivity index is 1.69. The number of pyridine rings is 1. The van der Waals surface area contributed by atoms with Gasteiger partial charge in [0.1, 0.15) is 0 Å². The summed E-state index contributed by atoms with van der Waals surface area (Å²) in [6.07, 6.45) is 0.852. The van der Waals surface area contributed by atoms with Crippen molar-refractivity contribution in [3.63, 3.8) is 0 Å². The van der Waals surface area contributed by atoms with Gasteiger partial charge in [-0.3, -0.25) is 9.59 Å². The summed E-state index contributed by atoms with van der Waals surface area (Å²) in [7, 11) is 4.59. The maximum absolute atomic E-state index is 13.9. The van der Waals surface area contributed by atoms with E-state index in [9.17, 15) is 9.59 Å². The van der Waals surface area contributed by atoms with Gasteiger partial charge in [-0.2, -0.15) is 4.98 Å². The number of nitrogens with zero attached hydrogens (tertiary/aromatic N) is 3. The zero-order valence-corrected chi connectivity index (χ0v) is 19.1. The number of aromatic nitrogens is 3. The van der Waals surface area contributed by atoms with Crippen LogP contribution in [0.2, 0.25) is 0 Å². The molecule has 0 N–H and O–H groups in total. The molecule has 0 radical (unpaired) electrons. The van der Waals surface area contributed by atoms with E-state index in [0.29, 0.717) is 70.3 Å². The van der Waals surface area contributed by atoms with E-state index >= 15 is 0 Å². The first-order valence-electron chi connectivity index (χ1n) is 10.8. The molecule has 1 aliphatic carbocycles. The van der Waals surface area contributed by atoms with Crippen molar-refractivity contribution < 1.29 is 23.5 Å². The second kappa shape index (κ2) is 8.75. The third-order valence-corrected chi connectivity index (χ3v) is 6.02. The van der Waals surface area contributed by atoms with Crippen molar-refractivity contribution in [2.45, 2.75) is 19.4 Å². The number of carbonyl (C=O) groups excluding carboxylic acids is 1. The lowest BCUT2D eigenvalue weighted by molar-refractivity contribution is 0.104. The summed E-state index contributed by atoms with van der Waals surface area (Å²) in [5, 5.41) is 4.80. The summed E-state index contributed by atoms with van der Waals surface area (Å²) in [5.41, 5.74) is 2.07. The number of hydrogen-bond donors (Lipinski definition) is 0. The molecule has 9 nitrogen and oxygen atoms in total. The molecule has 0 saturated carbocycles. The van der Waals surface area contributed by atoms with E-state index in [0.717, 1.165) is 5.56 Å². The van der Waals surface area contributed by atoms with Crippen molar-refractivity contribution in [2.75, 3.05) is 27.9 Å². The monoisotopic (exact) mass is 461 g/mol. The highest BCUT2D eigenvalue weighted by atomic mass is 16.5. The Labute approximate surface area is 194 Å². The van der Waals surface area contributed by atoms with Crippen LogP contribution >= 0.6 is 0 Å². The lowest BCUT2D eigenvalue weighted by Gasteiger charge is -2.17. The first-order valence-corrected chi connectivity index (χ1v) is 10.8. The molecule has 0 amide bonds.